The summed E-state index contributed by atoms with van der Waals surface area (Å²) in [7, 11) is 0. The topological polar surface area (TPSA) is 245 Å². The van der Waals surface area contributed by atoms with Crippen LogP contribution in [0.15, 0.2) is 72.8 Å². The lowest BCUT2D eigenvalue weighted by molar-refractivity contribution is -0.148. The highest BCUT2D eigenvalue weighted by molar-refractivity contribution is 6.00. The van der Waals surface area contributed by atoms with E-state index >= 15 is 0 Å². The van der Waals surface area contributed by atoms with Gasteiger partial charge in [-0.05, 0) is 133 Å². The molecule has 8 bridgehead atoms. The predicted octanol–water partition coefficient (Wildman–Crippen LogP) is 11.9. The largest absolute Gasteiger partial charge is 0.489 e. The Bertz CT molecular complexity index is 2960. The van der Waals surface area contributed by atoms with Crippen molar-refractivity contribution in [2.24, 2.45) is 0 Å². The maximum atomic E-state index is 14.4. The molecule has 88 heavy (non-hydrogen) atoms. The van der Waals surface area contributed by atoms with E-state index in [2.05, 4.69) is 13.2 Å². The van der Waals surface area contributed by atoms with Crippen LogP contribution in [-0.2, 0) is 73.4 Å². The summed E-state index contributed by atoms with van der Waals surface area (Å²) in [5.74, 6) is -3.15. The van der Waals surface area contributed by atoms with E-state index < -0.39 is 36.7 Å². The molecule has 0 unspecified atom stereocenters. The fraction of sp³-hybridized carbons (Fsp3) is 0.457. The number of ketones is 6. The van der Waals surface area contributed by atoms with E-state index in [9.17, 15) is 47.9 Å². The normalized spacial score (nSPS) is 11.5. The van der Waals surface area contributed by atoms with Crippen molar-refractivity contribution in [2.75, 3.05) is 52.9 Å². The van der Waals surface area contributed by atoms with E-state index in [4.69, 9.17) is 37.9 Å². The number of hydrogen-bond acceptors (Lipinski definition) is 18. The molecule has 0 amide bonds. The van der Waals surface area contributed by atoms with Crippen LogP contribution >= 0.6 is 0 Å². The monoisotopic (exact) mass is 1210 g/mol. The molecule has 1 aliphatic carbocycles. The van der Waals surface area contributed by atoms with Gasteiger partial charge in [0.15, 0.2) is 23.1 Å². The molecule has 0 N–H and O–H groups in total. The molecule has 0 heterocycles. The number of esters is 4. The molecular formula is C70H84O18. The van der Waals surface area contributed by atoms with Crippen LogP contribution in [0.25, 0.3) is 0 Å². The van der Waals surface area contributed by atoms with Crippen molar-refractivity contribution >= 4 is 58.6 Å². The average Bonchev–Trinajstić information content (AvgIpc) is 1.51. The van der Waals surface area contributed by atoms with E-state index in [1.807, 2.05) is 27.7 Å². The van der Waals surface area contributed by atoms with Crippen molar-refractivity contribution in [3.05, 3.63) is 140 Å². The van der Waals surface area contributed by atoms with Crippen LogP contribution in [0.5, 0.6) is 23.0 Å². The molecule has 0 saturated heterocycles. The summed E-state index contributed by atoms with van der Waals surface area (Å²) < 4.78 is 48.8. The number of ether oxygens (including phenoxy) is 8. The number of Topliss-reactive ketones (excluding diaryl/α,β-unsaturated/α-hetero) is 6. The summed E-state index contributed by atoms with van der Waals surface area (Å²) in [4.78, 5) is 133. The summed E-state index contributed by atoms with van der Waals surface area (Å²) in [6.45, 7) is 19.4. The van der Waals surface area contributed by atoms with Gasteiger partial charge < -0.3 is 37.9 Å². The van der Waals surface area contributed by atoms with E-state index in [-0.39, 0.29) is 186 Å². The quantitative estimate of drug-likeness (QED) is 0.00903. The van der Waals surface area contributed by atoms with Gasteiger partial charge >= 0.3 is 23.9 Å². The zero-order chi connectivity index (χ0) is 64.5. The van der Waals surface area contributed by atoms with Gasteiger partial charge in [-0.25, -0.2) is 9.59 Å². The van der Waals surface area contributed by atoms with Gasteiger partial charge in [-0.1, -0.05) is 54.7 Å². The summed E-state index contributed by atoms with van der Waals surface area (Å²) >= 11 is 0. The molecule has 18 heteroatoms. The van der Waals surface area contributed by atoms with Gasteiger partial charge in [-0.3, -0.25) is 38.4 Å². The number of benzene rings is 4. The van der Waals surface area contributed by atoms with Gasteiger partial charge in [0, 0.05) is 97.6 Å². The predicted molar refractivity (Wildman–Crippen MR) is 329 cm³/mol. The minimum absolute atomic E-state index is 0.0746. The molecular weight excluding hydrogens is 1130 g/mol. The highest BCUT2D eigenvalue weighted by Gasteiger charge is 2.28. The fourth-order valence-corrected chi connectivity index (χ4v) is 9.84. The lowest BCUT2D eigenvalue weighted by Gasteiger charge is -2.25. The Labute approximate surface area is 516 Å². The number of carbonyl (C=O) groups excluding carboxylic acids is 10. The molecule has 0 aromatic heterocycles. The smallest absolute Gasteiger partial charge is 0.333 e. The molecule has 0 aliphatic heterocycles. The van der Waals surface area contributed by atoms with E-state index in [0.29, 0.717) is 92.4 Å². The molecule has 472 valence electrons. The van der Waals surface area contributed by atoms with E-state index in [1.165, 1.54) is 13.8 Å². The first-order valence-electron chi connectivity index (χ1n) is 30.4. The standard InChI is InChI=1S/C70H84O18/c1-11-17-59(73)45-29-49-37-53-33-47(61(75)19-13-3)35-55(67(53)85-25-27-87-69(79)43(7)8)39-51-31-46(60(74)18-12-2)32-52(66(51)84-24-22-82-64(78)42-58(72)16-6)40-56-36-48(62(76)20-14-4)34-54(68(56)86-26-28-88-70(80)44(9)10)38-50(30-45)65(49)83-23-21-81-63(77)41-57(71)15-5/h29-36H,7,9,11-28,37-42H2,1-6,8,10H3. The maximum absolute atomic E-state index is 14.4. The van der Waals surface area contributed by atoms with Crippen molar-refractivity contribution in [2.45, 2.75) is 158 Å². The minimum atomic E-state index is -0.741. The van der Waals surface area contributed by atoms with Crippen molar-refractivity contribution in [1.29, 1.82) is 0 Å². The zero-order valence-corrected chi connectivity index (χ0v) is 52.4. The van der Waals surface area contributed by atoms with E-state index in [1.54, 1.807) is 62.4 Å². The molecule has 5 rings (SSSR count). The van der Waals surface area contributed by atoms with Gasteiger partial charge in [0.05, 0.1) is 0 Å². The van der Waals surface area contributed by atoms with Gasteiger partial charge in [-0.2, -0.15) is 0 Å². The Morgan fingerprint density at radius 1 is 0.341 bits per heavy atom. The number of carbonyl (C=O) groups is 10. The Hall–Kier alpha value is -8.54. The third-order valence-electron chi connectivity index (χ3n) is 14.2. The van der Waals surface area contributed by atoms with Crippen LogP contribution in [0.3, 0.4) is 0 Å². The summed E-state index contributed by atoms with van der Waals surface area (Å²) in [5.41, 5.74) is 5.07. The van der Waals surface area contributed by atoms with Crippen molar-refractivity contribution < 1.29 is 85.8 Å². The molecule has 0 saturated carbocycles. The Kier molecular flexibility index (Phi) is 28.2. The number of rotatable bonds is 36. The highest BCUT2D eigenvalue weighted by Crippen LogP contribution is 2.42. The first-order valence-corrected chi connectivity index (χ1v) is 30.4. The first kappa shape index (κ1) is 70.2. The van der Waals surface area contributed by atoms with Crippen LogP contribution < -0.4 is 18.9 Å². The van der Waals surface area contributed by atoms with Gasteiger partial charge in [-0.15, -0.1) is 0 Å². The van der Waals surface area contributed by atoms with Crippen molar-refractivity contribution in [3.63, 3.8) is 0 Å². The molecule has 0 fully saturated rings. The van der Waals surface area contributed by atoms with Gasteiger partial charge in [0.2, 0.25) is 0 Å². The van der Waals surface area contributed by atoms with E-state index in [0.717, 1.165) is 0 Å². The molecule has 0 spiro atoms. The Morgan fingerprint density at radius 2 is 0.557 bits per heavy atom. The molecule has 0 radical (unpaired) electrons. The van der Waals surface area contributed by atoms with Crippen LogP contribution in [0.1, 0.15) is 218 Å². The second-order valence-electron chi connectivity index (χ2n) is 21.7. The maximum Gasteiger partial charge on any atom is 0.333 e. The Balaban J connectivity index is 1.98. The second-order valence-corrected chi connectivity index (χ2v) is 21.7. The zero-order valence-electron chi connectivity index (χ0n) is 52.4. The first-order chi connectivity index (χ1) is 42.1. The van der Waals surface area contributed by atoms with Crippen LogP contribution in [0.4, 0.5) is 0 Å². The lowest BCUT2D eigenvalue weighted by atomic mass is 9.86. The van der Waals surface area contributed by atoms with Crippen LogP contribution in [0.2, 0.25) is 0 Å². The van der Waals surface area contributed by atoms with Crippen molar-refractivity contribution in [1.82, 2.24) is 0 Å². The molecule has 0 atom stereocenters. The highest BCUT2D eigenvalue weighted by atomic mass is 16.6. The van der Waals surface area contributed by atoms with Crippen LogP contribution in [0, 0.1) is 0 Å². The number of hydrogen-bond donors (Lipinski definition) is 0. The molecule has 18 nitrogen and oxygen atoms in total. The third kappa shape index (κ3) is 20.8. The summed E-state index contributed by atoms with van der Waals surface area (Å²) in [6.07, 6.45) is 1.83. The molecule has 4 aromatic carbocycles. The van der Waals surface area contributed by atoms with Gasteiger partial charge in [0.25, 0.3) is 0 Å². The van der Waals surface area contributed by atoms with Crippen molar-refractivity contribution in [3.8, 4) is 23.0 Å². The SMILES string of the molecule is C=C(C)C(=O)OCCOc1c2cc(C(=O)CCC)cc1Cc1cc(C(=O)CCC)cc(c1OCCOC(=O)CC(=O)CC)Cc1cc(C(=O)CCC)cc(c1OCCOC(=O)C(=C)C)Cc1cc(C(=O)CCC)cc(c1OCCOC(=O)CC(=O)CC)C2. The lowest BCUT2D eigenvalue weighted by Crippen LogP contribution is -2.18. The number of fused-ring (bicyclic) bond motifs is 8. The average molecular weight is 1210 g/mol. The minimum Gasteiger partial charge on any atom is -0.489 e. The molecule has 4 aromatic rings. The Morgan fingerprint density at radius 3 is 0.750 bits per heavy atom. The summed E-state index contributed by atoms with van der Waals surface area (Å²) in [5, 5.41) is 0. The molecule has 1 aliphatic rings. The summed E-state index contributed by atoms with van der Waals surface area (Å²) in [6, 6.07) is 13.7. The van der Waals surface area contributed by atoms with Gasteiger partial charge in [0.1, 0.15) is 100 Å². The fourth-order valence-electron chi connectivity index (χ4n) is 9.84. The third-order valence-corrected chi connectivity index (χ3v) is 14.2. The van der Waals surface area contributed by atoms with Crippen LogP contribution in [-0.4, -0.2) is 111 Å². The second kappa shape index (κ2) is 35.3.